The maximum Gasteiger partial charge on any atom is 0.254 e. The average Bonchev–Trinajstić information content (AvgIpc) is 2.80. The molecule has 5 nitrogen and oxygen atoms in total. The largest absolute Gasteiger partial charge is 0.369 e. The quantitative estimate of drug-likeness (QED) is 0.648. The summed E-state index contributed by atoms with van der Waals surface area (Å²) in [5.74, 6) is 3.98. The smallest absolute Gasteiger partial charge is 0.254 e. The normalized spacial score (nSPS) is 29.7. The van der Waals surface area contributed by atoms with Crippen molar-refractivity contribution in [3.63, 3.8) is 0 Å². The molecule has 7 rings (SSSR count). The minimum absolute atomic E-state index is 0.0855. The Morgan fingerprint density at radius 3 is 2.29 bits per heavy atom. The van der Waals surface area contributed by atoms with E-state index in [0.29, 0.717) is 18.5 Å². The highest BCUT2D eigenvalue weighted by molar-refractivity contribution is 5.94. The van der Waals surface area contributed by atoms with Crippen molar-refractivity contribution in [3.05, 3.63) is 53.0 Å². The van der Waals surface area contributed by atoms with Gasteiger partial charge in [-0.05, 0) is 91.2 Å². The van der Waals surface area contributed by atoms with Gasteiger partial charge in [0, 0.05) is 24.2 Å². The lowest BCUT2D eigenvalue weighted by Gasteiger charge is -2.57. The third-order valence-electron chi connectivity index (χ3n) is 9.09. The zero-order valence-corrected chi connectivity index (χ0v) is 20.9. The van der Waals surface area contributed by atoms with Gasteiger partial charge in [0.25, 0.3) is 5.91 Å². The Morgan fingerprint density at radius 1 is 1.03 bits per heavy atom. The first-order valence-corrected chi connectivity index (χ1v) is 13.2. The molecule has 180 valence electrons. The third-order valence-corrected chi connectivity index (χ3v) is 9.09. The molecule has 1 aromatic heterocycles. The van der Waals surface area contributed by atoms with Crippen LogP contribution in [0.25, 0.3) is 0 Å². The molecule has 5 aliphatic rings. The Hall–Kier alpha value is -2.43. The lowest BCUT2D eigenvalue weighted by molar-refractivity contribution is -0.0444. The van der Waals surface area contributed by atoms with Crippen LogP contribution in [-0.4, -0.2) is 33.9 Å². The van der Waals surface area contributed by atoms with E-state index < -0.39 is 0 Å². The molecule has 0 unspecified atom stereocenters. The molecule has 0 radical (unpaired) electrons. The number of carbonyl (C=O) groups excluding carboxylic acids is 1. The van der Waals surface area contributed by atoms with Crippen molar-refractivity contribution in [2.75, 3.05) is 18.4 Å². The van der Waals surface area contributed by atoms with Crippen LogP contribution in [0.4, 0.5) is 5.82 Å². The van der Waals surface area contributed by atoms with Crippen molar-refractivity contribution in [1.82, 2.24) is 14.9 Å². The predicted octanol–water partition coefficient (Wildman–Crippen LogP) is 5.60. The van der Waals surface area contributed by atoms with Crippen molar-refractivity contribution >= 4 is 11.7 Å². The summed E-state index contributed by atoms with van der Waals surface area (Å²) >= 11 is 0. The number of nitrogens with zero attached hydrogens (tertiary/aromatic N) is 3. The molecule has 4 fully saturated rings. The average molecular weight is 459 g/mol. The van der Waals surface area contributed by atoms with E-state index in [9.17, 15) is 4.79 Å². The molecule has 4 bridgehead atoms. The van der Waals surface area contributed by atoms with Crippen LogP contribution in [0.15, 0.2) is 30.6 Å². The van der Waals surface area contributed by atoms with E-state index in [1.165, 1.54) is 49.7 Å². The molecule has 1 aromatic carbocycles. The van der Waals surface area contributed by atoms with E-state index in [0.717, 1.165) is 47.8 Å². The summed E-state index contributed by atoms with van der Waals surface area (Å²) < 4.78 is 0. The van der Waals surface area contributed by atoms with Crippen LogP contribution < -0.4 is 5.32 Å². The maximum atomic E-state index is 13.2. The monoisotopic (exact) mass is 458 g/mol. The van der Waals surface area contributed by atoms with Crippen LogP contribution in [0.2, 0.25) is 0 Å². The topological polar surface area (TPSA) is 58.1 Å². The molecule has 34 heavy (non-hydrogen) atoms. The lowest BCUT2D eigenvalue weighted by Crippen LogP contribution is -2.49. The van der Waals surface area contributed by atoms with Gasteiger partial charge in [0.15, 0.2) is 0 Å². The number of anilines is 1. The molecule has 5 heteroatoms. The molecule has 2 heterocycles. The first kappa shape index (κ1) is 22.1. The first-order valence-electron chi connectivity index (χ1n) is 13.2. The van der Waals surface area contributed by atoms with Gasteiger partial charge in [-0.1, -0.05) is 32.9 Å². The molecule has 0 spiro atoms. The van der Waals surface area contributed by atoms with Crippen molar-refractivity contribution in [2.45, 2.75) is 77.7 Å². The van der Waals surface area contributed by atoms with Gasteiger partial charge in [-0.15, -0.1) is 0 Å². The van der Waals surface area contributed by atoms with E-state index in [1.807, 2.05) is 17.0 Å². The molecule has 2 aromatic rings. The Kier molecular flexibility index (Phi) is 5.23. The zero-order valence-electron chi connectivity index (χ0n) is 20.9. The highest BCUT2D eigenvalue weighted by Crippen LogP contribution is 2.59. The molecule has 1 N–H and O–H groups in total. The summed E-state index contributed by atoms with van der Waals surface area (Å²) in [4.78, 5) is 24.4. The van der Waals surface area contributed by atoms with E-state index in [2.05, 4.69) is 48.2 Å². The van der Waals surface area contributed by atoms with Gasteiger partial charge < -0.3 is 10.2 Å². The van der Waals surface area contributed by atoms with Crippen molar-refractivity contribution in [2.24, 2.45) is 23.2 Å². The van der Waals surface area contributed by atoms with Crippen molar-refractivity contribution < 1.29 is 4.79 Å². The van der Waals surface area contributed by atoms with Gasteiger partial charge in [-0.2, -0.15) is 0 Å². The fourth-order valence-electron chi connectivity index (χ4n) is 7.75. The molecule has 4 aliphatic carbocycles. The van der Waals surface area contributed by atoms with Gasteiger partial charge in [0.05, 0.1) is 12.2 Å². The number of hydrogen-bond donors (Lipinski definition) is 1. The van der Waals surface area contributed by atoms with E-state index in [4.69, 9.17) is 0 Å². The molecule has 4 saturated carbocycles. The Bertz CT molecular complexity index is 1050. The Balaban J connectivity index is 1.14. The minimum atomic E-state index is 0.0855. The first-order chi connectivity index (χ1) is 16.3. The highest BCUT2D eigenvalue weighted by atomic mass is 16.2. The summed E-state index contributed by atoms with van der Waals surface area (Å²) in [6, 6.07) is 8.10. The van der Waals surface area contributed by atoms with Crippen LogP contribution >= 0.6 is 0 Å². The summed E-state index contributed by atoms with van der Waals surface area (Å²) in [5, 5.41) is 3.77. The van der Waals surface area contributed by atoms with Gasteiger partial charge >= 0.3 is 0 Å². The van der Waals surface area contributed by atoms with Crippen LogP contribution in [0.1, 0.15) is 86.5 Å². The highest BCUT2D eigenvalue weighted by Gasteiger charge is 2.50. The second kappa shape index (κ2) is 8.07. The van der Waals surface area contributed by atoms with Gasteiger partial charge in [-0.3, -0.25) is 4.79 Å². The number of hydrogen-bond acceptors (Lipinski definition) is 4. The van der Waals surface area contributed by atoms with Gasteiger partial charge in [0.2, 0.25) is 0 Å². The van der Waals surface area contributed by atoms with Crippen LogP contribution in [0.5, 0.6) is 0 Å². The van der Waals surface area contributed by atoms with Crippen molar-refractivity contribution in [1.29, 1.82) is 0 Å². The standard InChI is InChI=1S/C29H38N4O/c1-28(2,3)23-6-4-22(5-7-23)27(34)33-9-8-24-25(16-33)31-18-32-26(24)30-17-29-13-19-10-20(14-29)12-21(11-19)15-29/h4-7,18-21H,8-17H2,1-3H3,(H,30,31,32). The molecule has 1 aliphatic heterocycles. The minimum Gasteiger partial charge on any atom is -0.369 e. The number of aromatic nitrogens is 2. The van der Waals surface area contributed by atoms with Crippen molar-refractivity contribution in [3.8, 4) is 0 Å². The number of amides is 1. The summed E-state index contributed by atoms with van der Waals surface area (Å²) in [5.41, 5.74) is 4.76. The number of rotatable bonds is 4. The number of nitrogens with one attached hydrogen (secondary N) is 1. The molecular weight excluding hydrogens is 420 g/mol. The van der Waals surface area contributed by atoms with E-state index in [1.54, 1.807) is 6.33 Å². The number of benzene rings is 1. The third kappa shape index (κ3) is 4.01. The Labute approximate surface area is 203 Å². The molecule has 0 saturated heterocycles. The molecule has 0 atom stereocenters. The summed E-state index contributed by atoms with van der Waals surface area (Å²) in [6.07, 6.45) is 11.1. The van der Waals surface area contributed by atoms with Crippen LogP contribution in [-0.2, 0) is 18.4 Å². The zero-order chi connectivity index (χ0) is 23.5. The van der Waals surface area contributed by atoms with Gasteiger partial charge in [0.1, 0.15) is 12.1 Å². The summed E-state index contributed by atoms with van der Waals surface area (Å²) in [6.45, 7) is 8.90. The number of fused-ring (bicyclic) bond motifs is 1. The lowest BCUT2D eigenvalue weighted by atomic mass is 9.49. The van der Waals surface area contributed by atoms with Crippen LogP contribution in [0.3, 0.4) is 0 Å². The van der Waals surface area contributed by atoms with E-state index >= 15 is 0 Å². The maximum absolute atomic E-state index is 13.2. The second-order valence-electron chi connectivity index (χ2n) is 12.7. The SMILES string of the molecule is CC(C)(C)c1ccc(C(=O)N2CCc3c(ncnc3NCC34CC5CC(CC(C5)C3)C4)C2)cc1. The number of carbonyl (C=O) groups is 1. The van der Waals surface area contributed by atoms with E-state index in [-0.39, 0.29) is 11.3 Å². The Morgan fingerprint density at radius 2 is 1.68 bits per heavy atom. The summed E-state index contributed by atoms with van der Waals surface area (Å²) in [7, 11) is 0. The fraction of sp³-hybridized carbons (Fsp3) is 0.621. The molecule has 1 amide bonds. The predicted molar refractivity (Wildman–Crippen MR) is 135 cm³/mol. The van der Waals surface area contributed by atoms with Gasteiger partial charge in [-0.25, -0.2) is 9.97 Å². The van der Waals surface area contributed by atoms with Crippen LogP contribution in [0, 0.1) is 23.2 Å². The molecular formula is C29H38N4O. The second-order valence-corrected chi connectivity index (χ2v) is 12.7. The fourth-order valence-corrected chi connectivity index (χ4v) is 7.75.